The number of aliphatic imine (C=N–C) groups is 1. The fourth-order valence-electron chi connectivity index (χ4n) is 1.82. The molecule has 19 heavy (non-hydrogen) atoms. The molecule has 0 aliphatic rings. The van der Waals surface area contributed by atoms with E-state index in [1.807, 2.05) is 49.5 Å². The number of benzene rings is 2. The van der Waals surface area contributed by atoms with Crippen LogP contribution in [0.5, 0.6) is 5.75 Å². The van der Waals surface area contributed by atoms with Gasteiger partial charge in [-0.25, -0.2) is 0 Å². The van der Waals surface area contributed by atoms with Crippen molar-refractivity contribution in [3.05, 3.63) is 59.7 Å². The molecule has 2 aromatic carbocycles. The summed E-state index contributed by atoms with van der Waals surface area (Å²) < 4.78 is 5.47. The maximum Gasteiger partial charge on any atom is 0.119 e. The SMILES string of the molecule is CCOc1cccc(C=Nc2ccc(CC)cc2)c1. The van der Waals surface area contributed by atoms with Crippen LogP contribution in [0.1, 0.15) is 25.0 Å². The van der Waals surface area contributed by atoms with Crippen LogP contribution in [0.3, 0.4) is 0 Å². The van der Waals surface area contributed by atoms with Crippen molar-refractivity contribution in [2.24, 2.45) is 4.99 Å². The first-order valence-electron chi connectivity index (χ1n) is 6.67. The molecule has 0 amide bonds. The average molecular weight is 253 g/mol. The zero-order chi connectivity index (χ0) is 13.5. The molecular weight excluding hydrogens is 234 g/mol. The highest BCUT2D eigenvalue weighted by Gasteiger charge is 1.94. The van der Waals surface area contributed by atoms with E-state index in [0.29, 0.717) is 6.61 Å². The Balaban J connectivity index is 2.10. The molecule has 0 bridgehead atoms. The minimum atomic E-state index is 0.680. The van der Waals surface area contributed by atoms with Crippen molar-refractivity contribution >= 4 is 11.9 Å². The van der Waals surface area contributed by atoms with E-state index in [4.69, 9.17) is 4.74 Å². The predicted octanol–water partition coefficient (Wildman–Crippen LogP) is 4.40. The Morgan fingerprint density at radius 2 is 1.84 bits per heavy atom. The van der Waals surface area contributed by atoms with E-state index < -0.39 is 0 Å². The van der Waals surface area contributed by atoms with Crippen LogP contribution in [-0.2, 0) is 6.42 Å². The van der Waals surface area contributed by atoms with Crippen LogP contribution in [-0.4, -0.2) is 12.8 Å². The molecule has 0 heterocycles. The Bertz CT molecular complexity index is 543. The van der Waals surface area contributed by atoms with E-state index in [9.17, 15) is 0 Å². The van der Waals surface area contributed by atoms with Gasteiger partial charge < -0.3 is 4.74 Å². The van der Waals surface area contributed by atoms with Gasteiger partial charge in [0.2, 0.25) is 0 Å². The molecule has 2 rings (SSSR count). The standard InChI is InChI=1S/C17H19NO/c1-3-14-8-10-16(11-9-14)18-13-15-6-5-7-17(12-15)19-4-2/h5-13H,3-4H2,1-2H3. The molecule has 0 atom stereocenters. The van der Waals surface area contributed by atoms with Crippen molar-refractivity contribution in [3.63, 3.8) is 0 Å². The number of aryl methyl sites for hydroxylation is 1. The first-order valence-corrected chi connectivity index (χ1v) is 6.67. The van der Waals surface area contributed by atoms with Gasteiger partial charge in [0.1, 0.15) is 5.75 Å². The third-order valence-corrected chi connectivity index (χ3v) is 2.88. The van der Waals surface area contributed by atoms with E-state index in [0.717, 1.165) is 23.4 Å². The van der Waals surface area contributed by atoms with Gasteiger partial charge in [-0.2, -0.15) is 0 Å². The highest BCUT2D eigenvalue weighted by atomic mass is 16.5. The van der Waals surface area contributed by atoms with Crippen molar-refractivity contribution in [2.75, 3.05) is 6.61 Å². The maximum absolute atomic E-state index is 5.47. The summed E-state index contributed by atoms with van der Waals surface area (Å²) in [4.78, 5) is 4.47. The second-order valence-corrected chi connectivity index (χ2v) is 4.28. The van der Waals surface area contributed by atoms with Crippen molar-refractivity contribution in [1.82, 2.24) is 0 Å². The molecule has 0 N–H and O–H groups in total. The lowest BCUT2D eigenvalue weighted by Gasteiger charge is -2.03. The van der Waals surface area contributed by atoms with E-state index in [1.54, 1.807) is 0 Å². The lowest BCUT2D eigenvalue weighted by Crippen LogP contribution is -1.91. The topological polar surface area (TPSA) is 21.6 Å². The van der Waals surface area contributed by atoms with Gasteiger partial charge in [-0.1, -0.05) is 31.2 Å². The summed E-state index contributed by atoms with van der Waals surface area (Å²) in [5.41, 5.74) is 3.35. The molecule has 2 aromatic rings. The van der Waals surface area contributed by atoms with Gasteiger partial charge in [-0.05, 0) is 48.7 Å². The molecule has 0 unspecified atom stereocenters. The van der Waals surface area contributed by atoms with Crippen LogP contribution in [0.2, 0.25) is 0 Å². The van der Waals surface area contributed by atoms with Crippen molar-refractivity contribution < 1.29 is 4.74 Å². The molecule has 0 saturated carbocycles. The number of hydrogen-bond donors (Lipinski definition) is 0. The number of ether oxygens (including phenoxy) is 1. The van der Waals surface area contributed by atoms with Crippen molar-refractivity contribution in [3.8, 4) is 5.75 Å². The number of rotatable bonds is 5. The normalized spacial score (nSPS) is 10.8. The summed E-state index contributed by atoms with van der Waals surface area (Å²) in [6, 6.07) is 16.3. The summed E-state index contributed by atoms with van der Waals surface area (Å²) in [6.45, 7) is 4.81. The Morgan fingerprint density at radius 3 is 2.53 bits per heavy atom. The number of nitrogens with zero attached hydrogens (tertiary/aromatic N) is 1. The molecule has 2 heteroatoms. The zero-order valence-electron chi connectivity index (χ0n) is 11.5. The third-order valence-electron chi connectivity index (χ3n) is 2.88. The molecule has 98 valence electrons. The highest BCUT2D eigenvalue weighted by molar-refractivity contribution is 5.82. The molecular formula is C17H19NO. The Labute approximate surface area is 114 Å². The Hall–Kier alpha value is -2.09. The summed E-state index contributed by atoms with van der Waals surface area (Å²) in [7, 11) is 0. The average Bonchev–Trinajstić information content (AvgIpc) is 2.46. The largest absolute Gasteiger partial charge is 0.494 e. The van der Waals surface area contributed by atoms with Crippen LogP contribution in [0.4, 0.5) is 5.69 Å². The van der Waals surface area contributed by atoms with Gasteiger partial charge in [0.25, 0.3) is 0 Å². The Morgan fingerprint density at radius 1 is 1.05 bits per heavy atom. The van der Waals surface area contributed by atoms with Gasteiger partial charge in [0, 0.05) is 6.21 Å². The minimum absolute atomic E-state index is 0.680. The first kappa shape index (κ1) is 13.3. The van der Waals surface area contributed by atoms with Crippen LogP contribution < -0.4 is 4.74 Å². The monoisotopic (exact) mass is 253 g/mol. The molecule has 0 spiro atoms. The summed E-state index contributed by atoms with van der Waals surface area (Å²) >= 11 is 0. The lowest BCUT2D eigenvalue weighted by atomic mass is 10.1. The smallest absolute Gasteiger partial charge is 0.119 e. The minimum Gasteiger partial charge on any atom is -0.494 e. The van der Waals surface area contributed by atoms with E-state index >= 15 is 0 Å². The van der Waals surface area contributed by atoms with Crippen LogP contribution >= 0.6 is 0 Å². The maximum atomic E-state index is 5.47. The molecule has 0 radical (unpaired) electrons. The molecule has 0 aromatic heterocycles. The summed E-state index contributed by atoms with van der Waals surface area (Å²) in [5.74, 6) is 0.882. The highest BCUT2D eigenvalue weighted by Crippen LogP contribution is 2.15. The van der Waals surface area contributed by atoms with E-state index in [-0.39, 0.29) is 0 Å². The van der Waals surface area contributed by atoms with Gasteiger partial charge >= 0.3 is 0 Å². The summed E-state index contributed by atoms with van der Waals surface area (Å²) in [5, 5.41) is 0. The van der Waals surface area contributed by atoms with Crippen molar-refractivity contribution in [2.45, 2.75) is 20.3 Å². The number of hydrogen-bond acceptors (Lipinski definition) is 2. The molecule has 0 aliphatic heterocycles. The van der Waals surface area contributed by atoms with Gasteiger partial charge in [0.15, 0.2) is 0 Å². The molecule has 0 saturated heterocycles. The fraction of sp³-hybridized carbons (Fsp3) is 0.235. The second kappa shape index (κ2) is 6.74. The summed E-state index contributed by atoms with van der Waals surface area (Å²) in [6.07, 6.45) is 2.92. The predicted molar refractivity (Wildman–Crippen MR) is 80.7 cm³/mol. The Kier molecular flexibility index (Phi) is 4.73. The third kappa shape index (κ3) is 3.95. The van der Waals surface area contributed by atoms with Gasteiger partial charge in [0.05, 0.1) is 12.3 Å². The van der Waals surface area contributed by atoms with Crippen LogP contribution in [0.25, 0.3) is 0 Å². The second-order valence-electron chi connectivity index (χ2n) is 4.28. The zero-order valence-corrected chi connectivity index (χ0v) is 11.5. The molecule has 0 aliphatic carbocycles. The van der Waals surface area contributed by atoms with Crippen LogP contribution in [0, 0.1) is 0 Å². The van der Waals surface area contributed by atoms with E-state index in [2.05, 4.69) is 24.0 Å². The van der Waals surface area contributed by atoms with Gasteiger partial charge in [-0.3, -0.25) is 4.99 Å². The van der Waals surface area contributed by atoms with Crippen molar-refractivity contribution in [1.29, 1.82) is 0 Å². The van der Waals surface area contributed by atoms with Gasteiger partial charge in [-0.15, -0.1) is 0 Å². The van der Waals surface area contributed by atoms with Crippen LogP contribution in [0.15, 0.2) is 53.5 Å². The molecule has 0 fully saturated rings. The lowest BCUT2D eigenvalue weighted by molar-refractivity contribution is 0.340. The fourth-order valence-corrected chi connectivity index (χ4v) is 1.82. The molecule has 2 nitrogen and oxygen atoms in total. The first-order chi connectivity index (χ1) is 9.31. The quantitative estimate of drug-likeness (QED) is 0.724. The van der Waals surface area contributed by atoms with E-state index in [1.165, 1.54) is 5.56 Å².